The average molecular weight is 352 g/mol. The number of aryl methyl sites for hydroxylation is 1. The summed E-state index contributed by atoms with van der Waals surface area (Å²) in [4.78, 5) is 16.0. The highest BCUT2D eigenvalue weighted by molar-refractivity contribution is 5.76. The lowest BCUT2D eigenvalue weighted by Gasteiger charge is -2.38. The van der Waals surface area contributed by atoms with E-state index in [1.165, 1.54) is 29.7 Å². The highest BCUT2D eigenvalue weighted by Gasteiger charge is 2.24. The minimum Gasteiger partial charge on any atom is -0.393 e. The maximum absolute atomic E-state index is 6.46. The molecule has 4 rings (SSSR count). The molecule has 1 aromatic carbocycles. The van der Waals surface area contributed by atoms with Gasteiger partial charge in [0.15, 0.2) is 11.6 Å². The SMILES string of the molecule is Cc1cccc(N2CCN(c3ncnc(N4CCCC4)c3N)CC2)c1C. The summed E-state index contributed by atoms with van der Waals surface area (Å²) in [7, 11) is 0. The quantitative estimate of drug-likeness (QED) is 0.916. The fourth-order valence-corrected chi connectivity index (χ4v) is 4.05. The summed E-state index contributed by atoms with van der Waals surface area (Å²) in [6.45, 7) is 10.3. The van der Waals surface area contributed by atoms with E-state index in [4.69, 9.17) is 5.73 Å². The number of nitrogens with zero attached hydrogens (tertiary/aromatic N) is 5. The molecule has 3 heterocycles. The largest absolute Gasteiger partial charge is 0.393 e. The van der Waals surface area contributed by atoms with Crippen LogP contribution in [0.3, 0.4) is 0 Å². The maximum atomic E-state index is 6.46. The van der Waals surface area contributed by atoms with E-state index in [1.807, 2.05) is 0 Å². The van der Waals surface area contributed by atoms with Crippen LogP contribution in [0.15, 0.2) is 24.5 Å². The van der Waals surface area contributed by atoms with Crippen molar-refractivity contribution in [2.24, 2.45) is 0 Å². The normalized spacial score (nSPS) is 17.8. The van der Waals surface area contributed by atoms with Gasteiger partial charge in [-0.25, -0.2) is 9.97 Å². The topological polar surface area (TPSA) is 61.5 Å². The van der Waals surface area contributed by atoms with Crippen LogP contribution in [-0.4, -0.2) is 49.2 Å². The fraction of sp³-hybridized carbons (Fsp3) is 0.500. The molecule has 2 fully saturated rings. The van der Waals surface area contributed by atoms with Gasteiger partial charge in [0.05, 0.1) is 0 Å². The Labute approximate surface area is 155 Å². The molecule has 0 saturated carbocycles. The van der Waals surface area contributed by atoms with Gasteiger partial charge in [0.25, 0.3) is 0 Å². The molecular formula is C20H28N6. The predicted molar refractivity (Wildman–Crippen MR) is 108 cm³/mol. The Morgan fingerprint density at radius 2 is 1.38 bits per heavy atom. The molecule has 138 valence electrons. The molecule has 0 unspecified atom stereocenters. The lowest BCUT2D eigenvalue weighted by Crippen LogP contribution is -2.47. The second kappa shape index (κ2) is 7.02. The van der Waals surface area contributed by atoms with E-state index in [9.17, 15) is 0 Å². The summed E-state index contributed by atoms with van der Waals surface area (Å²) in [5.74, 6) is 1.80. The lowest BCUT2D eigenvalue weighted by molar-refractivity contribution is 0.646. The number of anilines is 4. The molecule has 0 atom stereocenters. The number of hydrogen-bond donors (Lipinski definition) is 1. The number of aromatic nitrogens is 2. The van der Waals surface area contributed by atoms with Gasteiger partial charge in [-0.1, -0.05) is 12.1 Å². The lowest BCUT2D eigenvalue weighted by atomic mass is 10.1. The standard InChI is InChI=1S/C20H28N6/c1-15-6-5-7-17(16(15)2)24-10-12-26(13-11-24)20-18(21)19(22-14-23-20)25-8-3-4-9-25/h5-7,14H,3-4,8-13,21H2,1-2H3. The molecule has 26 heavy (non-hydrogen) atoms. The third-order valence-electron chi connectivity index (χ3n) is 5.74. The van der Waals surface area contributed by atoms with Gasteiger partial charge in [-0.2, -0.15) is 0 Å². The number of piperazine rings is 1. The van der Waals surface area contributed by atoms with Crippen LogP contribution < -0.4 is 20.4 Å². The number of nitrogen functional groups attached to an aromatic ring is 1. The third-order valence-corrected chi connectivity index (χ3v) is 5.74. The van der Waals surface area contributed by atoms with Crippen molar-refractivity contribution in [3.63, 3.8) is 0 Å². The fourth-order valence-electron chi connectivity index (χ4n) is 4.05. The van der Waals surface area contributed by atoms with Crippen LogP contribution in [0, 0.1) is 13.8 Å². The van der Waals surface area contributed by atoms with E-state index >= 15 is 0 Å². The van der Waals surface area contributed by atoms with Crippen molar-refractivity contribution in [1.29, 1.82) is 0 Å². The molecular weight excluding hydrogens is 324 g/mol. The van der Waals surface area contributed by atoms with Gasteiger partial charge in [0.2, 0.25) is 0 Å². The summed E-state index contributed by atoms with van der Waals surface area (Å²) in [6.07, 6.45) is 4.09. The second-order valence-electron chi connectivity index (χ2n) is 7.32. The van der Waals surface area contributed by atoms with Crippen molar-refractivity contribution in [2.45, 2.75) is 26.7 Å². The molecule has 2 aliphatic heterocycles. The van der Waals surface area contributed by atoms with E-state index in [1.54, 1.807) is 6.33 Å². The molecule has 2 aromatic rings. The summed E-state index contributed by atoms with van der Waals surface area (Å²) < 4.78 is 0. The molecule has 6 heteroatoms. The van der Waals surface area contributed by atoms with Crippen LogP contribution in [0.2, 0.25) is 0 Å². The Morgan fingerprint density at radius 1 is 0.808 bits per heavy atom. The second-order valence-corrected chi connectivity index (χ2v) is 7.32. The zero-order chi connectivity index (χ0) is 18.1. The zero-order valence-corrected chi connectivity index (χ0v) is 15.8. The first-order valence-electron chi connectivity index (χ1n) is 9.56. The van der Waals surface area contributed by atoms with Gasteiger partial charge in [0.1, 0.15) is 12.0 Å². The van der Waals surface area contributed by atoms with Crippen LogP contribution >= 0.6 is 0 Å². The van der Waals surface area contributed by atoms with Gasteiger partial charge < -0.3 is 20.4 Å². The molecule has 0 aliphatic carbocycles. The highest BCUT2D eigenvalue weighted by Crippen LogP contribution is 2.32. The van der Waals surface area contributed by atoms with E-state index in [-0.39, 0.29) is 0 Å². The van der Waals surface area contributed by atoms with Crippen LogP contribution in [0.4, 0.5) is 23.0 Å². The molecule has 0 radical (unpaired) electrons. The first-order chi connectivity index (χ1) is 12.6. The van der Waals surface area contributed by atoms with Crippen molar-refractivity contribution in [3.05, 3.63) is 35.7 Å². The van der Waals surface area contributed by atoms with Gasteiger partial charge in [-0.15, -0.1) is 0 Å². The third kappa shape index (κ3) is 3.04. The Hall–Kier alpha value is -2.50. The Bertz CT molecular complexity index is 776. The molecule has 2 saturated heterocycles. The van der Waals surface area contributed by atoms with Gasteiger partial charge in [-0.3, -0.25) is 0 Å². The van der Waals surface area contributed by atoms with Gasteiger partial charge in [0, 0.05) is 45.0 Å². The molecule has 2 aliphatic rings. The van der Waals surface area contributed by atoms with E-state index < -0.39 is 0 Å². The molecule has 0 amide bonds. The van der Waals surface area contributed by atoms with E-state index in [2.05, 4.69) is 56.7 Å². The smallest absolute Gasteiger partial charge is 0.157 e. The van der Waals surface area contributed by atoms with Gasteiger partial charge >= 0.3 is 0 Å². The van der Waals surface area contributed by atoms with E-state index in [0.717, 1.165) is 56.6 Å². The molecule has 0 bridgehead atoms. The number of benzene rings is 1. The van der Waals surface area contributed by atoms with Crippen molar-refractivity contribution in [3.8, 4) is 0 Å². The van der Waals surface area contributed by atoms with Crippen molar-refractivity contribution >= 4 is 23.0 Å². The monoisotopic (exact) mass is 352 g/mol. The number of rotatable bonds is 3. The minimum absolute atomic E-state index is 0.731. The van der Waals surface area contributed by atoms with Crippen LogP contribution in [0.25, 0.3) is 0 Å². The molecule has 1 aromatic heterocycles. The number of hydrogen-bond acceptors (Lipinski definition) is 6. The minimum atomic E-state index is 0.731. The maximum Gasteiger partial charge on any atom is 0.157 e. The van der Waals surface area contributed by atoms with Gasteiger partial charge in [-0.05, 0) is 43.9 Å². The summed E-state index contributed by atoms with van der Waals surface area (Å²) in [5, 5.41) is 0. The Kier molecular flexibility index (Phi) is 4.57. The van der Waals surface area contributed by atoms with Crippen molar-refractivity contribution in [2.75, 3.05) is 59.7 Å². The summed E-state index contributed by atoms with van der Waals surface area (Å²) >= 11 is 0. The van der Waals surface area contributed by atoms with Crippen LogP contribution in [0.1, 0.15) is 24.0 Å². The summed E-state index contributed by atoms with van der Waals surface area (Å²) in [5.41, 5.74) is 11.3. The molecule has 2 N–H and O–H groups in total. The first kappa shape index (κ1) is 16.9. The molecule has 0 spiro atoms. The van der Waals surface area contributed by atoms with Crippen LogP contribution in [-0.2, 0) is 0 Å². The number of nitrogens with two attached hydrogens (primary N) is 1. The highest BCUT2D eigenvalue weighted by atomic mass is 15.3. The molecule has 6 nitrogen and oxygen atoms in total. The summed E-state index contributed by atoms with van der Waals surface area (Å²) in [6, 6.07) is 6.55. The van der Waals surface area contributed by atoms with Crippen molar-refractivity contribution < 1.29 is 0 Å². The average Bonchev–Trinajstić information content (AvgIpc) is 3.19. The predicted octanol–water partition coefficient (Wildman–Crippen LogP) is 2.60. The first-order valence-corrected chi connectivity index (χ1v) is 9.56. The Morgan fingerprint density at radius 3 is 2.04 bits per heavy atom. The van der Waals surface area contributed by atoms with Crippen molar-refractivity contribution in [1.82, 2.24) is 9.97 Å². The Balaban J connectivity index is 1.50. The zero-order valence-electron chi connectivity index (χ0n) is 15.8. The van der Waals surface area contributed by atoms with E-state index in [0.29, 0.717) is 0 Å². The van der Waals surface area contributed by atoms with Crippen LogP contribution in [0.5, 0.6) is 0 Å².